The molecule has 11 heteroatoms. The summed E-state index contributed by atoms with van der Waals surface area (Å²) in [4.78, 5) is 21.4. The summed E-state index contributed by atoms with van der Waals surface area (Å²) in [6.07, 6.45) is 0. The molecule has 0 bridgehead atoms. The average molecular weight is 371 g/mol. The molecule has 128 valence electrons. The number of amides is 1. The van der Waals surface area contributed by atoms with Gasteiger partial charge in [-0.3, -0.25) is 9.59 Å². The second-order valence-electron chi connectivity index (χ2n) is 4.61. The Morgan fingerprint density at radius 1 is 1.25 bits per heavy atom. The van der Waals surface area contributed by atoms with Gasteiger partial charge in [-0.05, 0) is 24.3 Å². The highest BCUT2D eigenvalue weighted by molar-refractivity contribution is 7.99. The average Bonchev–Trinajstić information content (AvgIpc) is 2.92. The standard InChI is InChI=1S/C13H13N3O6S2/c1-8(17)14-9-2-4-10(5-3-9)24(20,21)7-11-15-16-13(22-11)23-6-12(18)19/h2-5H,6-7H2,1H3,(H,14,17)(H,18,19). The second kappa shape index (κ2) is 7.45. The summed E-state index contributed by atoms with van der Waals surface area (Å²) < 4.78 is 29.7. The number of carbonyl (C=O) groups is 2. The Morgan fingerprint density at radius 2 is 1.92 bits per heavy atom. The fourth-order valence-corrected chi connectivity index (χ4v) is 3.33. The molecule has 1 amide bonds. The van der Waals surface area contributed by atoms with Crippen molar-refractivity contribution in [3.63, 3.8) is 0 Å². The monoisotopic (exact) mass is 371 g/mol. The summed E-state index contributed by atoms with van der Waals surface area (Å²) in [5, 5.41) is 18.3. The number of carboxylic acid groups (broad SMARTS) is 1. The van der Waals surface area contributed by atoms with E-state index in [1.165, 1.54) is 31.2 Å². The molecular formula is C13H13N3O6S2. The molecule has 1 heterocycles. The van der Waals surface area contributed by atoms with E-state index in [4.69, 9.17) is 9.52 Å². The van der Waals surface area contributed by atoms with E-state index < -0.39 is 21.6 Å². The van der Waals surface area contributed by atoms with Gasteiger partial charge in [0.15, 0.2) is 9.84 Å². The van der Waals surface area contributed by atoms with Gasteiger partial charge in [-0.2, -0.15) is 0 Å². The van der Waals surface area contributed by atoms with Crippen molar-refractivity contribution in [2.24, 2.45) is 0 Å². The molecule has 0 spiro atoms. The van der Waals surface area contributed by atoms with E-state index in [-0.39, 0.29) is 27.7 Å². The number of hydrogen-bond donors (Lipinski definition) is 2. The van der Waals surface area contributed by atoms with Crippen molar-refractivity contribution in [1.82, 2.24) is 10.2 Å². The third kappa shape index (κ3) is 5.06. The zero-order valence-electron chi connectivity index (χ0n) is 12.4. The first kappa shape index (κ1) is 17.9. The van der Waals surface area contributed by atoms with Gasteiger partial charge in [0.2, 0.25) is 11.8 Å². The predicted molar refractivity (Wildman–Crippen MR) is 84.3 cm³/mol. The van der Waals surface area contributed by atoms with Gasteiger partial charge < -0.3 is 14.8 Å². The minimum Gasteiger partial charge on any atom is -0.481 e. The van der Waals surface area contributed by atoms with Crippen molar-refractivity contribution in [1.29, 1.82) is 0 Å². The van der Waals surface area contributed by atoms with Crippen LogP contribution in [0.25, 0.3) is 0 Å². The topological polar surface area (TPSA) is 139 Å². The Morgan fingerprint density at radius 3 is 2.50 bits per heavy atom. The number of carbonyl (C=O) groups excluding carboxylic acids is 1. The van der Waals surface area contributed by atoms with Crippen molar-refractivity contribution < 1.29 is 27.5 Å². The number of benzene rings is 1. The molecule has 0 aliphatic carbocycles. The minimum atomic E-state index is -3.71. The molecule has 0 radical (unpaired) electrons. The lowest BCUT2D eigenvalue weighted by Gasteiger charge is -2.04. The van der Waals surface area contributed by atoms with E-state index in [1.54, 1.807) is 0 Å². The fraction of sp³-hybridized carbons (Fsp3) is 0.231. The summed E-state index contributed by atoms with van der Waals surface area (Å²) in [6, 6.07) is 5.65. The number of aromatic nitrogens is 2. The van der Waals surface area contributed by atoms with Crippen LogP contribution in [0.2, 0.25) is 0 Å². The summed E-state index contributed by atoms with van der Waals surface area (Å²) in [5.41, 5.74) is 0.478. The SMILES string of the molecule is CC(=O)Nc1ccc(S(=O)(=O)Cc2nnc(SCC(=O)O)o2)cc1. The number of nitrogens with one attached hydrogen (secondary N) is 1. The number of carboxylic acids is 1. The largest absolute Gasteiger partial charge is 0.481 e. The van der Waals surface area contributed by atoms with Gasteiger partial charge in [-0.1, -0.05) is 11.8 Å². The molecule has 0 atom stereocenters. The van der Waals surface area contributed by atoms with Gasteiger partial charge in [0.25, 0.3) is 5.22 Å². The molecule has 0 unspecified atom stereocenters. The van der Waals surface area contributed by atoms with Crippen molar-refractivity contribution in [3.8, 4) is 0 Å². The Kier molecular flexibility index (Phi) is 5.57. The number of aliphatic carboxylic acids is 1. The highest BCUT2D eigenvalue weighted by Gasteiger charge is 2.20. The molecule has 1 aromatic heterocycles. The zero-order valence-corrected chi connectivity index (χ0v) is 14.1. The quantitative estimate of drug-likeness (QED) is 0.686. The van der Waals surface area contributed by atoms with Crippen molar-refractivity contribution in [3.05, 3.63) is 30.2 Å². The number of thioether (sulfide) groups is 1. The van der Waals surface area contributed by atoms with Gasteiger partial charge in [0, 0.05) is 12.6 Å². The number of nitrogens with zero attached hydrogens (tertiary/aromatic N) is 2. The summed E-state index contributed by atoms with van der Waals surface area (Å²) in [7, 11) is -3.71. The van der Waals surface area contributed by atoms with Crippen LogP contribution < -0.4 is 5.32 Å². The molecule has 0 saturated carbocycles. The van der Waals surface area contributed by atoms with E-state index in [0.29, 0.717) is 5.69 Å². The van der Waals surface area contributed by atoms with Crippen LogP contribution in [0.3, 0.4) is 0 Å². The Bertz CT molecular complexity index is 845. The van der Waals surface area contributed by atoms with Crippen LogP contribution in [-0.2, 0) is 25.2 Å². The van der Waals surface area contributed by atoms with Crippen LogP contribution in [0.4, 0.5) is 5.69 Å². The maximum atomic E-state index is 12.3. The smallest absolute Gasteiger partial charge is 0.314 e. The van der Waals surface area contributed by atoms with Crippen LogP contribution in [0.5, 0.6) is 0 Å². The molecule has 0 aliphatic rings. The van der Waals surface area contributed by atoms with Crippen LogP contribution >= 0.6 is 11.8 Å². The Hall–Kier alpha value is -2.40. The fourth-order valence-electron chi connectivity index (χ4n) is 1.67. The second-order valence-corrected chi connectivity index (χ2v) is 7.52. The molecule has 0 fully saturated rings. The van der Waals surface area contributed by atoms with Gasteiger partial charge >= 0.3 is 5.97 Å². The normalized spacial score (nSPS) is 11.2. The third-order valence-electron chi connectivity index (χ3n) is 2.61. The molecule has 2 aromatic rings. The highest BCUT2D eigenvalue weighted by atomic mass is 32.2. The van der Waals surface area contributed by atoms with E-state index in [0.717, 1.165) is 11.8 Å². The van der Waals surface area contributed by atoms with Crippen molar-refractivity contribution >= 4 is 39.2 Å². The molecule has 0 aliphatic heterocycles. The lowest BCUT2D eigenvalue weighted by atomic mass is 10.3. The van der Waals surface area contributed by atoms with E-state index >= 15 is 0 Å². The summed E-state index contributed by atoms with van der Waals surface area (Å²) in [5.74, 6) is -2.21. The lowest BCUT2D eigenvalue weighted by molar-refractivity contribution is -0.133. The summed E-state index contributed by atoms with van der Waals surface area (Å²) >= 11 is 0.804. The van der Waals surface area contributed by atoms with Crippen LogP contribution in [0.1, 0.15) is 12.8 Å². The van der Waals surface area contributed by atoms with Gasteiger partial charge in [-0.15, -0.1) is 10.2 Å². The van der Waals surface area contributed by atoms with Crippen LogP contribution in [0, 0.1) is 0 Å². The highest BCUT2D eigenvalue weighted by Crippen LogP contribution is 2.21. The van der Waals surface area contributed by atoms with Crippen LogP contribution in [0.15, 0.2) is 38.8 Å². The van der Waals surface area contributed by atoms with Crippen LogP contribution in [-0.4, -0.2) is 41.4 Å². The number of anilines is 1. The lowest BCUT2D eigenvalue weighted by Crippen LogP contribution is -2.07. The first-order valence-corrected chi connectivity index (χ1v) is 9.17. The zero-order chi connectivity index (χ0) is 17.7. The van der Waals surface area contributed by atoms with E-state index in [2.05, 4.69) is 15.5 Å². The molecule has 2 N–H and O–H groups in total. The molecular weight excluding hydrogens is 358 g/mol. The first-order valence-electron chi connectivity index (χ1n) is 6.53. The molecule has 1 aromatic carbocycles. The number of rotatable bonds is 7. The predicted octanol–water partition coefficient (Wildman–Crippen LogP) is 1.18. The minimum absolute atomic E-state index is 0.0105. The van der Waals surface area contributed by atoms with E-state index in [9.17, 15) is 18.0 Å². The first-order chi connectivity index (χ1) is 11.3. The molecule has 2 rings (SSSR count). The summed E-state index contributed by atoms with van der Waals surface area (Å²) in [6.45, 7) is 1.35. The molecule has 0 saturated heterocycles. The molecule has 24 heavy (non-hydrogen) atoms. The Labute approximate surface area is 141 Å². The maximum Gasteiger partial charge on any atom is 0.314 e. The van der Waals surface area contributed by atoms with E-state index in [1.807, 2.05) is 0 Å². The van der Waals surface area contributed by atoms with Gasteiger partial charge in [0.1, 0.15) is 11.5 Å². The van der Waals surface area contributed by atoms with Crippen molar-refractivity contribution in [2.45, 2.75) is 22.8 Å². The van der Waals surface area contributed by atoms with Gasteiger partial charge in [0.05, 0.1) is 4.90 Å². The maximum absolute atomic E-state index is 12.3. The van der Waals surface area contributed by atoms with Gasteiger partial charge in [-0.25, -0.2) is 8.42 Å². The Balaban J connectivity index is 2.08. The number of hydrogen-bond acceptors (Lipinski definition) is 8. The molecule has 9 nitrogen and oxygen atoms in total. The van der Waals surface area contributed by atoms with Crippen molar-refractivity contribution in [2.75, 3.05) is 11.1 Å². The third-order valence-corrected chi connectivity index (χ3v) is 5.04. The number of sulfone groups is 1.